The van der Waals surface area contributed by atoms with E-state index in [1.54, 1.807) is 18.2 Å². The van der Waals surface area contributed by atoms with Gasteiger partial charge in [-0.15, -0.1) is 0 Å². The van der Waals surface area contributed by atoms with E-state index in [0.717, 1.165) is 12.1 Å². The number of carbonyl (C=O) groups is 2. The normalized spacial score (nSPS) is 14.8. The van der Waals surface area contributed by atoms with Gasteiger partial charge >= 0.3 is 5.97 Å². The van der Waals surface area contributed by atoms with Gasteiger partial charge in [-0.1, -0.05) is 29.3 Å². The number of hydrogen-bond donors (Lipinski definition) is 0. The molecular formula is C20H17Cl2F2NO3. The van der Waals surface area contributed by atoms with Gasteiger partial charge in [0.05, 0.1) is 11.5 Å². The third kappa shape index (κ3) is 4.80. The molecule has 3 rings (SSSR count). The van der Waals surface area contributed by atoms with Crippen molar-refractivity contribution in [3.63, 3.8) is 0 Å². The summed E-state index contributed by atoms with van der Waals surface area (Å²) in [5.74, 6) is -2.88. The Bertz CT molecular complexity index is 899. The first kappa shape index (κ1) is 20.6. The van der Waals surface area contributed by atoms with E-state index in [9.17, 15) is 18.4 Å². The van der Waals surface area contributed by atoms with Gasteiger partial charge in [0.25, 0.3) is 5.91 Å². The Morgan fingerprint density at radius 3 is 2.43 bits per heavy atom. The summed E-state index contributed by atoms with van der Waals surface area (Å²) < 4.78 is 32.1. The highest BCUT2D eigenvalue weighted by molar-refractivity contribution is 6.35. The fourth-order valence-corrected chi connectivity index (χ4v) is 3.52. The largest absolute Gasteiger partial charge is 0.461 e. The highest BCUT2D eigenvalue weighted by atomic mass is 35.5. The van der Waals surface area contributed by atoms with Gasteiger partial charge < -0.3 is 9.64 Å². The molecular weight excluding hydrogens is 411 g/mol. The van der Waals surface area contributed by atoms with Gasteiger partial charge in [0.1, 0.15) is 18.2 Å². The maximum atomic E-state index is 13.8. The molecule has 0 bridgehead atoms. The van der Waals surface area contributed by atoms with Crippen molar-refractivity contribution in [3.05, 3.63) is 69.2 Å². The van der Waals surface area contributed by atoms with Crippen LogP contribution >= 0.6 is 23.2 Å². The maximum Gasteiger partial charge on any atom is 0.309 e. The number of hydrogen-bond acceptors (Lipinski definition) is 3. The minimum Gasteiger partial charge on any atom is -0.461 e. The van der Waals surface area contributed by atoms with Gasteiger partial charge in [0.2, 0.25) is 0 Å². The molecule has 0 unspecified atom stereocenters. The first-order chi connectivity index (χ1) is 13.3. The lowest BCUT2D eigenvalue weighted by molar-refractivity contribution is -0.151. The second-order valence-electron chi connectivity index (χ2n) is 6.53. The van der Waals surface area contributed by atoms with E-state index >= 15 is 0 Å². The number of esters is 1. The summed E-state index contributed by atoms with van der Waals surface area (Å²) >= 11 is 11.9. The summed E-state index contributed by atoms with van der Waals surface area (Å²) in [6, 6.07) is 7.78. The van der Waals surface area contributed by atoms with E-state index in [0.29, 0.717) is 34.5 Å². The van der Waals surface area contributed by atoms with E-state index in [1.165, 1.54) is 4.90 Å². The Labute approximate surface area is 171 Å². The zero-order valence-electron chi connectivity index (χ0n) is 14.8. The average Bonchev–Trinajstić information content (AvgIpc) is 2.67. The van der Waals surface area contributed by atoms with Crippen LogP contribution in [0.1, 0.15) is 28.8 Å². The summed E-state index contributed by atoms with van der Waals surface area (Å²) in [5.41, 5.74) is 0.471. The summed E-state index contributed by atoms with van der Waals surface area (Å²) in [5, 5.41) is 0.914. The molecule has 1 heterocycles. The predicted octanol–water partition coefficient (Wildman–Crippen LogP) is 4.87. The fraction of sp³-hybridized carbons (Fsp3) is 0.300. The van der Waals surface area contributed by atoms with Crippen LogP contribution in [0.5, 0.6) is 0 Å². The molecule has 2 aromatic carbocycles. The van der Waals surface area contributed by atoms with Crippen molar-refractivity contribution >= 4 is 35.1 Å². The lowest BCUT2D eigenvalue weighted by Gasteiger charge is -2.31. The summed E-state index contributed by atoms with van der Waals surface area (Å²) in [4.78, 5) is 26.2. The molecule has 1 aliphatic heterocycles. The lowest BCUT2D eigenvalue weighted by atomic mass is 9.96. The summed E-state index contributed by atoms with van der Waals surface area (Å²) in [6.07, 6.45) is 0.809. The smallest absolute Gasteiger partial charge is 0.309 e. The first-order valence-electron chi connectivity index (χ1n) is 8.70. The van der Waals surface area contributed by atoms with Gasteiger partial charge in [-0.3, -0.25) is 9.59 Å². The average molecular weight is 428 g/mol. The van der Waals surface area contributed by atoms with E-state index in [-0.39, 0.29) is 37.1 Å². The molecule has 0 N–H and O–H groups in total. The molecule has 0 spiro atoms. The molecule has 2 aromatic rings. The number of benzene rings is 2. The van der Waals surface area contributed by atoms with E-state index in [4.69, 9.17) is 27.9 Å². The number of halogens is 4. The van der Waals surface area contributed by atoms with Crippen molar-refractivity contribution in [3.8, 4) is 0 Å². The van der Waals surface area contributed by atoms with Crippen molar-refractivity contribution in [2.45, 2.75) is 19.4 Å². The zero-order chi connectivity index (χ0) is 20.3. The molecule has 1 amide bonds. The van der Waals surface area contributed by atoms with Crippen LogP contribution in [0, 0.1) is 17.6 Å². The van der Waals surface area contributed by atoms with Gasteiger partial charge in [-0.05, 0) is 37.1 Å². The van der Waals surface area contributed by atoms with Crippen LogP contribution in [-0.2, 0) is 16.1 Å². The van der Waals surface area contributed by atoms with Crippen LogP contribution < -0.4 is 0 Å². The molecule has 1 saturated heterocycles. The van der Waals surface area contributed by atoms with Crippen LogP contribution in [0.15, 0.2) is 36.4 Å². The summed E-state index contributed by atoms with van der Waals surface area (Å²) in [6.45, 7) is 0.614. The highest BCUT2D eigenvalue weighted by Crippen LogP contribution is 2.24. The van der Waals surface area contributed by atoms with Crippen molar-refractivity contribution in [1.82, 2.24) is 4.90 Å². The Balaban J connectivity index is 1.53. The SMILES string of the molecule is O=C(OCc1ccc(Cl)cc1Cl)C1CCN(C(=O)c2ccc(F)cc2F)CC1. The van der Waals surface area contributed by atoms with Crippen molar-refractivity contribution in [2.24, 2.45) is 5.92 Å². The third-order valence-corrected chi connectivity index (χ3v) is 5.25. The number of likely N-dealkylation sites (tertiary alicyclic amines) is 1. The Hall–Kier alpha value is -2.18. The van der Waals surface area contributed by atoms with Crippen molar-refractivity contribution < 1.29 is 23.1 Å². The number of amides is 1. The van der Waals surface area contributed by atoms with Crippen LogP contribution in [0.4, 0.5) is 8.78 Å². The van der Waals surface area contributed by atoms with Gasteiger partial charge in [-0.2, -0.15) is 0 Å². The van der Waals surface area contributed by atoms with Crippen molar-refractivity contribution in [2.75, 3.05) is 13.1 Å². The second kappa shape index (κ2) is 8.88. The Kier molecular flexibility index (Phi) is 6.52. The van der Waals surface area contributed by atoms with Crippen LogP contribution in [0.3, 0.4) is 0 Å². The molecule has 1 aliphatic rings. The zero-order valence-corrected chi connectivity index (χ0v) is 16.3. The number of ether oxygens (including phenoxy) is 1. The van der Waals surface area contributed by atoms with Gasteiger partial charge in [0, 0.05) is 34.8 Å². The molecule has 28 heavy (non-hydrogen) atoms. The quantitative estimate of drug-likeness (QED) is 0.654. The fourth-order valence-electron chi connectivity index (χ4n) is 3.06. The number of nitrogens with zero attached hydrogens (tertiary/aromatic N) is 1. The predicted molar refractivity (Wildman–Crippen MR) is 101 cm³/mol. The minimum atomic E-state index is -0.897. The van der Waals surface area contributed by atoms with Crippen LogP contribution in [0.25, 0.3) is 0 Å². The molecule has 0 aliphatic carbocycles. The first-order valence-corrected chi connectivity index (χ1v) is 9.45. The molecule has 0 atom stereocenters. The monoisotopic (exact) mass is 427 g/mol. The lowest BCUT2D eigenvalue weighted by Crippen LogP contribution is -2.41. The molecule has 0 aromatic heterocycles. The molecule has 1 fully saturated rings. The van der Waals surface area contributed by atoms with Crippen LogP contribution in [-0.4, -0.2) is 29.9 Å². The summed E-state index contributed by atoms with van der Waals surface area (Å²) in [7, 11) is 0. The van der Waals surface area contributed by atoms with E-state index in [2.05, 4.69) is 0 Å². The number of carbonyl (C=O) groups excluding carboxylic acids is 2. The topological polar surface area (TPSA) is 46.6 Å². The minimum absolute atomic E-state index is 0.0365. The van der Waals surface area contributed by atoms with E-state index < -0.39 is 17.5 Å². The second-order valence-corrected chi connectivity index (χ2v) is 7.38. The maximum absolute atomic E-state index is 13.8. The molecule has 148 valence electrons. The number of piperidine rings is 1. The van der Waals surface area contributed by atoms with E-state index in [1.807, 2.05) is 0 Å². The highest BCUT2D eigenvalue weighted by Gasteiger charge is 2.30. The van der Waals surface area contributed by atoms with Crippen LogP contribution in [0.2, 0.25) is 10.0 Å². The third-order valence-electron chi connectivity index (χ3n) is 4.66. The Morgan fingerprint density at radius 1 is 1.07 bits per heavy atom. The number of rotatable bonds is 4. The van der Waals surface area contributed by atoms with Gasteiger partial charge in [-0.25, -0.2) is 8.78 Å². The standard InChI is InChI=1S/C20H17Cl2F2NO3/c21-14-2-1-13(17(22)9-14)11-28-20(27)12-5-7-25(8-6-12)19(26)16-4-3-15(23)10-18(16)24/h1-4,9-10,12H,5-8,11H2. The molecule has 4 nitrogen and oxygen atoms in total. The molecule has 0 radical (unpaired) electrons. The van der Waals surface area contributed by atoms with Gasteiger partial charge in [0.15, 0.2) is 0 Å². The Morgan fingerprint density at radius 2 is 1.79 bits per heavy atom. The van der Waals surface area contributed by atoms with Crippen molar-refractivity contribution in [1.29, 1.82) is 0 Å². The molecule has 0 saturated carbocycles. The molecule has 8 heteroatoms.